The highest BCUT2D eigenvalue weighted by Crippen LogP contribution is 2.06. The van der Waals surface area contributed by atoms with Crippen molar-refractivity contribution in [2.75, 3.05) is 20.3 Å². The topological polar surface area (TPSA) is 115 Å². The summed E-state index contributed by atoms with van der Waals surface area (Å²) in [7, 11) is -2.47. The first-order valence-electron chi connectivity index (χ1n) is 4.79. The molecule has 8 nitrogen and oxygen atoms in total. The number of nitrogens with one attached hydrogen (secondary N) is 1. The Balaban J connectivity index is 2.70. The summed E-state index contributed by atoms with van der Waals surface area (Å²) in [5.74, 6) is -1.18. The lowest BCUT2D eigenvalue weighted by Crippen LogP contribution is -2.26. The van der Waals surface area contributed by atoms with E-state index in [1.54, 1.807) is 0 Å². The highest BCUT2D eigenvalue weighted by molar-refractivity contribution is 7.89. The number of carbonyl (C=O) groups is 1. The Morgan fingerprint density at radius 2 is 2.17 bits per heavy atom. The maximum absolute atomic E-state index is 11.6. The standard InChI is InChI=1S/C9H12N2O6S/c1-16-4-5-17-11-18(14,15)8-3-2-7(6-10-8)9(12)13/h2-3,6,11H,4-5H2,1H3,(H,12,13). The fourth-order valence-electron chi connectivity index (χ4n) is 0.953. The number of nitrogens with zero attached hydrogens (tertiary/aromatic N) is 1. The van der Waals surface area contributed by atoms with Gasteiger partial charge in [-0.15, -0.1) is 0 Å². The lowest BCUT2D eigenvalue weighted by atomic mass is 10.3. The van der Waals surface area contributed by atoms with Crippen LogP contribution >= 0.6 is 0 Å². The Labute approximate surface area is 104 Å². The number of carboxylic acid groups (broad SMARTS) is 1. The molecule has 0 spiro atoms. The molecular formula is C9H12N2O6S. The number of pyridine rings is 1. The van der Waals surface area contributed by atoms with Gasteiger partial charge in [-0.2, -0.15) is 0 Å². The van der Waals surface area contributed by atoms with Gasteiger partial charge in [0.05, 0.1) is 18.8 Å². The number of methoxy groups -OCH3 is 1. The monoisotopic (exact) mass is 276 g/mol. The van der Waals surface area contributed by atoms with Crippen LogP contribution in [0, 0.1) is 0 Å². The van der Waals surface area contributed by atoms with Crippen molar-refractivity contribution >= 4 is 16.0 Å². The van der Waals surface area contributed by atoms with E-state index in [0.29, 0.717) is 0 Å². The van der Waals surface area contributed by atoms with E-state index in [2.05, 4.69) is 14.6 Å². The molecule has 0 aliphatic heterocycles. The smallest absolute Gasteiger partial charge is 0.337 e. The third kappa shape index (κ3) is 4.04. The predicted molar refractivity (Wildman–Crippen MR) is 59.3 cm³/mol. The first-order valence-corrected chi connectivity index (χ1v) is 6.27. The maximum Gasteiger partial charge on any atom is 0.337 e. The SMILES string of the molecule is COCCONS(=O)(=O)c1ccc(C(=O)O)cn1. The summed E-state index contributed by atoms with van der Waals surface area (Å²) in [6.07, 6.45) is 0.950. The van der Waals surface area contributed by atoms with E-state index in [0.717, 1.165) is 18.3 Å². The molecule has 0 saturated heterocycles. The van der Waals surface area contributed by atoms with E-state index in [1.165, 1.54) is 7.11 Å². The van der Waals surface area contributed by atoms with Crippen LogP contribution in [0.1, 0.15) is 10.4 Å². The maximum atomic E-state index is 11.6. The number of aromatic nitrogens is 1. The summed E-state index contributed by atoms with van der Waals surface area (Å²) >= 11 is 0. The quantitative estimate of drug-likeness (QED) is 0.516. The minimum atomic E-state index is -3.92. The highest BCUT2D eigenvalue weighted by Gasteiger charge is 2.16. The highest BCUT2D eigenvalue weighted by atomic mass is 32.2. The van der Waals surface area contributed by atoms with E-state index >= 15 is 0 Å². The Morgan fingerprint density at radius 3 is 2.67 bits per heavy atom. The molecule has 0 amide bonds. The fourth-order valence-corrected chi connectivity index (χ4v) is 1.72. The molecule has 1 aromatic heterocycles. The van der Waals surface area contributed by atoms with Crippen molar-refractivity contribution in [3.63, 3.8) is 0 Å². The van der Waals surface area contributed by atoms with Crippen LogP contribution in [0.2, 0.25) is 0 Å². The second kappa shape index (κ2) is 6.40. The largest absolute Gasteiger partial charge is 0.478 e. The third-order valence-corrected chi connectivity index (χ3v) is 2.95. The van der Waals surface area contributed by atoms with Crippen LogP contribution in [0.15, 0.2) is 23.4 Å². The molecule has 1 heterocycles. The van der Waals surface area contributed by atoms with Crippen molar-refractivity contribution in [2.24, 2.45) is 0 Å². The van der Waals surface area contributed by atoms with Crippen molar-refractivity contribution in [1.82, 2.24) is 9.87 Å². The summed E-state index contributed by atoms with van der Waals surface area (Å²) in [6, 6.07) is 2.21. The van der Waals surface area contributed by atoms with E-state index in [9.17, 15) is 13.2 Å². The molecule has 1 rings (SSSR count). The third-order valence-electron chi connectivity index (χ3n) is 1.82. The molecule has 0 aliphatic carbocycles. The Morgan fingerprint density at radius 1 is 1.44 bits per heavy atom. The number of aromatic carboxylic acids is 1. The molecule has 0 unspecified atom stereocenters. The minimum Gasteiger partial charge on any atom is -0.478 e. The van der Waals surface area contributed by atoms with Crippen molar-refractivity contribution in [1.29, 1.82) is 0 Å². The van der Waals surface area contributed by atoms with Gasteiger partial charge in [0.25, 0.3) is 10.0 Å². The molecule has 0 aromatic carbocycles. The Bertz CT molecular complexity index is 498. The van der Waals surface area contributed by atoms with Gasteiger partial charge in [-0.1, -0.05) is 4.89 Å². The van der Waals surface area contributed by atoms with Crippen molar-refractivity contribution < 1.29 is 27.9 Å². The van der Waals surface area contributed by atoms with Crippen LogP contribution in [0.25, 0.3) is 0 Å². The van der Waals surface area contributed by atoms with Crippen LogP contribution < -0.4 is 4.89 Å². The van der Waals surface area contributed by atoms with E-state index in [4.69, 9.17) is 5.11 Å². The first-order chi connectivity index (χ1) is 8.47. The second-order valence-electron chi connectivity index (χ2n) is 3.12. The number of rotatable bonds is 7. The van der Waals surface area contributed by atoms with Crippen molar-refractivity contribution in [2.45, 2.75) is 5.03 Å². The minimum absolute atomic E-state index is 0.0446. The zero-order valence-electron chi connectivity index (χ0n) is 9.49. The lowest BCUT2D eigenvalue weighted by molar-refractivity contribution is 0.0437. The van der Waals surface area contributed by atoms with Gasteiger partial charge >= 0.3 is 5.97 Å². The molecule has 9 heteroatoms. The van der Waals surface area contributed by atoms with Crippen LogP contribution in [0.4, 0.5) is 0 Å². The average molecular weight is 276 g/mol. The Kier molecular flexibility index (Phi) is 5.16. The molecule has 0 atom stereocenters. The lowest BCUT2D eigenvalue weighted by Gasteiger charge is -2.06. The van der Waals surface area contributed by atoms with Crippen LogP contribution in [-0.2, 0) is 19.6 Å². The zero-order valence-corrected chi connectivity index (χ0v) is 10.3. The van der Waals surface area contributed by atoms with Crippen molar-refractivity contribution in [3.05, 3.63) is 23.9 Å². The average Bonchev–Trinajstić information content (AvgIpc) is 2.35. The van der Waals surface area contributed by atoms with Crippen LogP contribution in [-0.4, -0.2) is 44.8 Å². The zero-order chi connectivity index (χ0) is 13.6. The molecule has 0 aliphatic rings. The predicted octanol–water partition coefficient (Wildman–Crippen LogP) is -0.364. The second-order valence-corrected chi connectivity index (χ2v) is 4.71. The Hall–Kier alpha value is -1.55. The molecule has 18 heavy (non-hydrogen) atoms. The molecule has 1 aromatic rings. The summed E-state index contributed by atoms with van der Waals surface area (Å²) < 4.78 is 27.8. The van der Waals surface area contributed by atoms with Gasteiger partial charge in [0, 0.05) is 13.3 Å². The summed E-state index contributed by atoms with van der Waals surface area (Å²) in [5.41, 5.74) is -0.103. The summed E-state index contributed by atoms with van der Waals surface area (Å²) in [4.78, 5) is 20.6. The molecule has 0 bridgehead atoms. The van der Waals surface area contributed by atoms with Gasteiger partial charge in [0.1, 0.15) is 0 Å². The van der Waals surface area contributed by atoms with Gasteiger partial charge in [0.15, 0.2) is 5.03 Å². The van der Waals surface area contributed by atoms with Gasteiger partial charge in [-0.25, -0.2) is 18.2 Å². The molecular weight excluding hydrogens is 264 g/mol. The van der Waals surface area contributed by atoms with Crippen LogP contribution in [0.3, 0.4) is 0 Å². The van der Waals surface area contributed by atoms with Crippen LogP contribution in [0.5, 0.6) is 0 Å². The first kappa shape index (κ1) is 14.5. The number of sulfonamides is 1. The van der Waals surface area contributed by atoms with Gasteiger partial charge in [-0.3, -0.25) is 4.84 Å². The molecule has 2 N–H and O–H groups in total. The molecule has 0 saturated carbocycles. The van der Waals surface area contributed by atoms with E-state index < -0.39 is 16.0 Å². The number of hydrogen-bond acceptors (Lipinski definition) is 6. The summed E-state index contributed by atoms with van der Waals surface area (Å²) in [5, 5.41) is 8.31. The molecule has 0 fully saturated rings. The fraction of sp³-hybridized carbons (Fsp3) is 0.333. The molecule has 0 radical (unpaired) electrons. The van der Waals surface area contributed by atoms with Crippen molar-refractivity contribution in [3.8, 4) is 0 Å². The van der Waals surface area contributed by atoms with Gasteiger partial charge in [-0.05, 0) is 12.1 Å². The van der Waals surface area contributed by atoms with E-state index in [-0.39, 0.29) is 23.8 Å². The van der Waals surface area contributed by atoms with Gasteiger partial charge < -0.3 is 9.84 Å². The summed E-state index contributed by atoms with van der Waals surface area (Å²) in [6.45, 7) is 0.275. The number of hydrogen-bond donors (Lipinski definition) is 2. The number of carboxylic acids is 1. The van der Waals surface area contributed by atoms with E-state index in [1.807, 2.05) is 4.89 Å². The normalized spacial score (nSPS) is 11.4. The molecule has 100 valence electrons. The van der Waals surface area contributed by atoms with Gasteiger partial charge in [0.2, 0.25) is 0 Å². The number of ether oxygens (including phenoxy) is 1.